The van der Waals surface area contributed by atoms with Crippen LogP contribution in [-0.2, 0) is 13.5 Å². The van der Waals surface area contributed by atoms with Gasteiger partial charge in [-0.05, 0) is 12.5 Å². The van der Waals surface area contributed by atoms with Crippen molar-refractivity contribution in [3.63, 3.8) is 0 Å². The zero-order chi connectivity index (χ0) is 13.0. The fraction of sp³-hybridized carbons (Fsp3) is 0.308. The Morgan fingerprint density at radius 2 is 2.22 bits per heavy atom. The quantitative estimate of drug-likeness (QED) is 0.625. The maximum absolute atomic E-state index is 13.7. The maximum Gasteiger partial charge on any atom is 0.128 e. The van der Waals surface area contributed by atoms with Crippen molar-refractivity contribution in [1.29, 1.82) is 0 Å². The van der Waals surface area contributed by atoms with Gasteiger partial charge in [0.25, 0.3) is 0 Å². The van der Waals surface area contributed by atoms with Crippen LogP contribution >= 0.6 is 0 Å². The summed E-state index contributed by atoms with van der Waals surface area (Å²) in [7, 11) is 1.94. The molecule has 4 nitrogen and oxygen atoms in total. The Bertz CT molecular complexity index is 509. The lowest BCUT2D eigenvalue weighted by molar-refractivity contribution is 0.479. The summed E-state index contributed by atoms with van der Waals surface area (Å²) >= 11 is 0. The predicted octanol–water partition coefficient (Wildman–Crippen LogP) is 1.70. The van der Waals surface area contributed by atoms with E-state index in [9.17, 15) is 4.39 Å². The van der Waals surface area contributed by atoms with Crippen LogP contribution in [0.5, 0.6) is 0 Å². The molecule has 1 unspecified atom stereocenters. The molecule has 2 rings (SSSR count). The average molecular weight is 248 g/mol. The average Bonchev–Trinajstić information content (AvgIpc) is 2.78. The molecule has 0 spiro atoms. The minimum atomic E-state index is -0.236. The third-order valence-corrected chi connectivity index (χ3v) is 3.06. The summed E-state index contributed by atoms with van der Waals surface area (Å²) in [5.41, 5.74) is 3.26. The van der Waals surface area contributed by atoms with Crippen molar-refractivity contribution >= 4 is 0 Å². The van der Waals surface area contributed by atoms with E-state index in [0.29, 0.717) is 12.0 Å². The highest BCUT2D eigenvalue weighted by Crippen LogP contribution is 2.20. The van der Waals surface area contributed by atoms with E-state index in [0.717, 1.165) is 12.2 Å². The molecule has 0 saturated carbocycles. The third-order valence-electron chi connectivity index (χ3n) is 3.06. The van der Waals surface area contributed by atoms with E-state index in [2.05, 4.69) is 10.4 Å². The Morgan fingerprint density at radius 1 is 1.44 bits per heavy atom. The van der Waals surface area contributed by atoms with Gasteiger partial charge < -0.3 is 4.57 Å². The number of imidazole rings is 1. The van der Waals surface area contributed by atoms with Crippen molar-refractivity contribution in [1.82, 2.24) is 15.0 Å². The lowest BCUT2D eigenvalue weighted by atomic mass is 10.0. The lowest BCUT2D eigenvalue weighted by Crippen LogP contribution is -2.29. The van der Waals surface area contributed by atoms with E-state index in [1.165, 1.54) is 6.07 Å². The second-order valence-electron chi connectivity index (χ2n) is 4.23. The molecule has 0 fully saturated rings. The standard InChI is InChI=1S/C13H17FN4/c1-18-9-8-16-13(18)7-6-12(17-15)10-4-2-3-5-11(10)14/h2-5,8-9,12,17H,6-7,15H2,1H3. The number of hydrazine groups is 1. The lowest BCUT2D eigenvalue weighted by Gasteiger charge is -2.16. The van der Waals surface area contributed by atoms with Crippen LogP contribution in [0.2, 0.25) is 0 Å². The number of aryl methyl sites for hydroxylation is 2. The second kappa shape index (κ2) is 5.75. The minimum Gasteiger partial charge on any atom is -0.338 e. The Morgan fingerprint density at radius 3 is 2.83 bits per heavy atom. The largest absolute Gasteiger partial charge is 0.338 e. The van der Waals surface area contributed by atoms with E-state index in [1.54, 1.807) is 18.3 Å². The van der Waals surface area contributed by atoms with E-state index >= 15 is 0 Å². The van der Waals surface area contributed by atoms with Crippen molar-refractivity contribution in [2.24, 2.45) is 12.9 Å². The van der Waals surface area contributed by atoms with Crippen molar-refractivity contribution in [3.05, 3.63) is 53.9 Å². The monoisotopic (exact) mass is 248 g/mol. The SMILES string of the molecule is Cn1ccnc1CCC(NN)c1ccccc1F. The van der Waals surface area contributed by atoms with Crippen LogP contribution < -0.4 is 11.3 Å². The number of nitrogens with one attached hydrogen (secondary N) is 1. The zero-order valence-electron chi connectivity index (χ0n) is 10.3. The Balaban J connectivity index is 2.07. The second-order valence-corrected chi connectivity index (χ2v) is 4.23. The smallest absolute Gasteiger partial charge is 0.128 e. The van der Waals surface area contributed by atoms with Gasteiger partial charge >= 0.3 is 0 Å². The van der Waals surface area contributed by atoms with E-state index in [1.807, 2.05) is 23.9 Å². The molecule has 3 N–H and O–H groups in total. The third kappa shape index (κ3) is 2.75. The molecule has 2 aromatic rings. The molecule has 1 aromatic heterocycles. The minimum absolute atomic E-state index is 0.206. The van der Waals surface area contributed by atoms with Crippen LogP contribution in [0.1, 0.15) is 23.9 Å². The predicted molar refractivity (Wildman–Crippen MR) is 68.0 cm³/mol. The molecular formula is C13H17FN4. The van der Waals surface area contributed by atoms with Gasteiger partial charge in [0.15, 0.2) is 0 Å². The summed E-state index contributed by atoms with van der Waals surface area (Å²) in [4.78, 5) is 4.24. The van der Waals surface area contributed by atoms with Gasteiger partial charge in [-0.25, -0.2) is 9.37 Å². The highest BCUT2D eigenvalue weighted by Gasteiger charge is 2.14. The number of rotatable bonds is 5. The molecular weight excluding hydrogens is 231 g/mol. The van der Waals surface area contributed by atoms with Gasteiger partial charge in [0.05, 0.1) is 0 Å². The van der Waals surface area contributed by atoms with Crippen molar-refractivity contribution in [3.8, 4) is 0 Å². The molecule has 1 aromatic carbocycles. The molecule has 0 aliphatic carbocycles. The molecule has 96 valence electrons. The van der Waals surface area contributed by atoms with E-state index < -0.39 is 0 Å². The number of hydrogen-bond acceptors (Lipinski definition) is 3. The van der Waals surface area contributed by atoms with Crippen LogP contribution in [0.4, 0.5) is 4.39 Å². The summed E-state index contributed by atoms with van der Waals surface area (Å²) in [6, 6.07) is 6.47. The summed E-state index contributed by atoms with van der Waals surface area (Å²) in [5.74, 6) is 6.24. The molecule has 0 bridgehead atoms. The Kier molecular flexibility index (Phi) is 4.07. The van der Waals surface area contributed by atoms with Crippen molar-refractivity contribution < 1.29 is 4.39 Å². The van der Waals surface area contributed by atoms with Crippen LogP contribution in [0.25, 0.3) is 0 Å². The van der Waals surface area contributed by atoms with Gasteiger partial charge in [-0.1, -0.05) is 18.2 Å². The number of aromatic nitrogens is 2. The molecule has 18 heavy (non-hydrogen) atoms. The Hall–Kier alpha value is -1.72. The molecule has 0 amide bonds. The van der Waals surface area contributed by atoms with Gasteiger partial charge in [-0.2, -0.15) is 0 Å². The van der Waals surface area contributed by atoms with Gasteiger partial charge in [0, 0.05) is 37.5 Å². The molecule has 0 aliphatic rings. The van der Waals surface area contributed by atoms with Gasteiger partial charge in [-0.15, -0.1) is 0 Å². The summed E-state index contributed by atoms with van der Waals surface area (Å²) in [5, 5.41) is 0. The van der Waals surface area contributed by atoms with E-state index in [-0.39, 0.29) is 11.9 Å². The molecule has 5 heteroatoms. The number of nitrogens with zero attached hydrogens (tertiary/aromatic N) is 2. The molecule has 0 radical (unpaired) electrons. The fourth-order valence-corrected chi connectivity index (χ4v) is 2.00. The first-order chi connectivity index (χ1) is 8.72. The summed E-state index contributed by atoms with van der Waals surface area (Å²) in [6.07, 6.45) is 5.08. The zero-order valence-corrected chi connectivity index (χ0v) is 10.3. The highest BCUT2D eigenvalue weighted by atomic mass is 19.1. The van der Waals surface area contributed by atoms with Crippen LogP contribution in [0.3, 0.4) is 0 Å². The maximum atomic E-state index is 13.7. The van der Waals surface area contributed by atoms with E-state index in [4.69, 9.17) is 5.84 Å². The van der Waals surface area contributed by atoms with Gasteiger partial charge in [0.1, 0.15) is 11.6 Å². The van der Waals surface area contributed by atoms with Crippen molar-refractivity contribution in [2.45, 2.75) is 18.9 Å². The first kappa shape index (κ1) is 12.7. The van der Waals surface area contributed by atoms with Gasteiger partial charge in [0.2, 0.25) is 0 Å². The molecule has 0 aliphatic heterocycles. The van der Waals surface area contributed by atoms with Gasteiger partial charge in [-0.3, -0.25) is 11.3 Å². The first-order valence-corrected chi connectivity index (χ1v) is 5.89. The fourth-order valence-electron chi connectivity index (χ4n) is 2.00. The van der Waals surface area contributed by atoms with Crippen LogP contribution in [0, 0.1) is 5.82 Å². The number of halogens is 1. The Labute approximate surface area is 106 Å². The highest BCUT2D eigenvalue weighted by molar-refractivity contribution is 5.21. The molecule has 0 saturated heterocycles. The summed E-state index contributed by atoms with van der Waals surface area (Å²) < 4.78 is 15.6. The number of benzene rings is 1. The van der Waals surface area contributed by atoms with Crippen LogP contribution in [-0.4, -0.2) is 9.55 Å². The topological polar surface area (TPSA) is 55.9 Å². The first-order valence-electron chi connectivity index (χ1n) is 5.89. The van der Waals surface area contributed by atoms with Crippen LogP contribution in [0.15, 0.2) is 36.7 Å². The number of hydrogen-bond donors (Lipinski definition) is 2. The molecule has 1 heterocycles. The van der Waals surface area contributed by atoms with Crippen molar-refractivity contribution in [2.75, 3.05) is 0 Å². The molecule has 1 atom stereocenters. The normalized spacial score (nSPS) is 12.6. The summed E-state index contributed by atoms with van der Waals surface area (Å²) in [6.45, 7) is 0. The number of nitrogens with two attached hydrogens (primary N) is 1.